The van der Waals surface area contributed by atoms with Crippen molar-refractivity contribution in [3.63, 3.8) is 0 Å². The van der Waals surface area contributed by atoms with E-state index in [2.05, 4.69) is 10.4 Å². The van der Waals surface area contributed by atoms with Crippen molar-refractivity contribution in [2.45, 2.75) is 26.9 Å². The van der Waals surface area contributed by atoms with Gasteiger partial charge in [0.1, 0.15) is 11.6 Å². The Morgan fingerprint density at radius 3 is 2.24 bits per heavy atom. The quantitative estimate of drug-likeness (QED) is 0.941. The molecule has 1 N–H and O–H groups in total. The Morgan fingerprint density at radius 1 is 1.19 bits per heavy atom. The molecule has 0 saturated carbocycles. The van der Waals surface area contributed by atoms with Crippen molar-refractivity contribution < 1.29 is 8.78 Å². The Balaban J connectivity index is 2.09. The lowest BCUT2D eigenvalue weighted by Gasteiger charge is -2.08. The minimum absolute atomic E-state index is 0.0206. The van der Waals surface area contributed by atoms with E-state index in [1.807, 2.05) is 20.9 Å². The highest BCUT2D eigenvalue weighted by molar-refractivity contribution is 5.34. The summed E-state index contributed by atoms with van der Waals surface area (Å²) in [6.45, 7) is 4.37. The number of benzene rings is 1. The van der Waals surface area contributed by atoms with Crippen LogP contribution in [0.2, 0.25) is 0 Å². The van der Waals surface area contributed by atoms with Gasteiger partial charge in [-0.2, -0.15) is 10.4 Å². The minimum Gasteiger partial charge on any atom is -0.308 e. The molecule has 1 aromatic carbocycles. The van der Waals surface area contributed by atoms with E-state index in [-0.39, 0.29) is 17.7 Å². The Labute approximate surface area is 122 Å². The van der Waals surface area contributed by atoms with Gasteiger partial charge in [0, 0.05) is 37.0 Å². The smallest absolute Gasteiger partial charge is 0.131 e. The summed E-state index contributed by atoms with van der Waals surface area (Å²) in [7, 11) is 1.85. The second-order valence-corrected chi connectivity index (χ2v) is 4.91. The minimum atomic E-state index is -0.710. The molecule has 0 spiro atoms. The second kappa shape index (κ2) is 6.02. The average Bonchev–Trinajstić information content (AvgIpc) is 2.67. The molecule has 0 unspecified atom stereocenters. The van der Waals surface area contributed by atoms with Gasteiger partial charge < -0.3 is 5.32 Å². The van der Waals surface area contributed by atoms with Crippen molar-refractivity contribution >= 4 is 0 Å². The first kappa shape index (κ1) is 15.1. The SMILES string of the molecule is Cc1nn(C)c(C)c1CNCc1c(F)cc(C#N)cc1F. The third kappa shape index (κ3) is 3.09. The van der Waals surface area contributed by atoms with E-state index in [4.69, 9.17) is 5.26 Å². The number of aryl methyl sites for hydroxylation is 2. The second-order valence-electron chi connectivity index (χ2n) is 4.91. The van der Waals surface area contributed by atoms with Gasteiger partial charge in [-0.15, -0.1) is 0 Å². The van der Waals surface area contributed by atoms with Crippen molar-refractivity contribution in [3.05, 3.63) is 51.8 Å². The largest absolute Gasteiger partial charge is 0.308 e. The van der Waals surface area contributed by atoms with Gasteiger partial charge in [-0.05, 0) is 26.0 Å². The normalized spacial score (nSPS) is 10.7. The van der Waals surface area contributed by atoms with E-state index in [9.17, 15) is 8.78 Å². The highest BCUT2D eigenvalue weighted by Gasteiger charge is 2.13. The molecule has 4 nitrogen and oxygen atoms in total. The fraction of sp³-hybridized carbons (Fsp3) is 0.333. The van der Waals surface area contributed by atoms with E-state index < -0.39 is 11.6 Å². The van der Waals surface area contributed by atoms with Crippen LogP contribution in [0.3, 0.4) is 0 Å². The predicted octanol–water partition coefficient (Wildman–Crippen LogP) is 2.48. The van der Waals surface area contributed by atoms with Crippen molar-refractivity contribution in [3.8, 4) is 6.07 Å². The number of hydrogen-bond donors (Lipinski definition) is 1. The summed E-state index contributed by atoms with van der Waals surface area (Å²) in [4.78, 5) is 0. The lowest BCUT2D eigenvalue weighted by Crippen LogP contribution is -2.16. The van der Waals surface area contributed by atoms with Gasteiger partial charge in [0.2, 0.25) is 0 Å². The molecule has 0 radical (unpaired) electrons. The van der Waals surface area contributed by atoms with Crippen LogP contribution in [0, 0.1) is 36.8 Å². The summed E-state index contributed by atoms with van der Waals surface area (Å²) in [5.41, 5.74) is 2.84. The molecule has 2 rings (SSSR count). The third-order valence-corrected chi connectivity index (χ3v) is 3.53. The van der Waals surface area contributed by atoms with Crippen LogP contribution in [-0.2, 0) is 20.1 Å². The van der Waals surface area contributed by atoms with E-state index in [1.54, 1.807) is 10.8 Å². The Morgan fingerprint density at radius 2 is 1.76 bits per heavy atom. The number of aromatic nitrogens is 2. The van der Waals surface area contributed by atoms with Crippen LogP contribution in [0.25, 0.3) is 0 Å². The van der Waals surface area contributed by atoms with Crippen LogP contribution in [0.5, 0.6) is 0 Å². The molecule has 21 heavy (non-hydrogen) atoms. The Hall–Kier alpha value is -2.26. The molecule has 0 saturated heterocycles. The molecule has 0 atom stereocenters. The number of nitrogens with one attached hydrogen (secondary N) is 1. The van der Waals surface area contributed by atoms with E-state index in [0.717, 1.165) is 29.1 Å². The zero-order valence-electron chi connectivity index (χ0n) is 12.2. The molecular formula is C15H16F2N4. The Kier molecular flexibility index (Phi) is 4.34. The summed E-state index contributed by atoms with van der Waals surface area (Å²) in [6, 6.07) is 3.81. The third-order valence-electron chi connectivity index (χ3n) is 3.53. The maximum absolute atomic E-state index is 13.7. The number of rotatable bonds is 4. The van der Waals surface area contributed by atoms with Crippen LogP contribution >= 0.6 is 0 Å². The molecule has 0 bridgehead atoms. The monoisotopic (exact) mass is 290 g/mol. The predicted molar refractivity (Wildman–Crippen MR) is 74.3 cm³/mol. The van der Waals surface area contributed by atoms with Crippen molar-refractivity contribution in [2.75, 3.05) is 0 Å². The molecular weight excluding hydrogens is 274 g/mol. The fourth-order valence-electron chi connectivity index (χ4n) is 2.22. The summed E-state index contributed by atoms with van der Waals surface area (Å²) >= 11 is 0. The molecule has 110 valence electrons. The maximum Gasteiger partial charge on any atom is 0.131 e. The average molecular weight is 290 g/mol. The number of halogens is 2. The lowest BCUT2D eigenvalue weighted by molar-refractivity contribution is 0.534. The summed E-state index contributed by atoms with van der Waals surface area (Å²) in [6.07, 6.45) is 0. The van der Waals surface area contributed by atoms with Crippen LogP contribution in [0.1, 0.15) is 28.1 Å². The van der Waals surface area contributed by atoms with Gasteiger partial charge in [0.05, 0.1) is 17.3 Å². The Bertz CT molecular complexity index is 690. The first-order valence-corrected chi connectivity index (χ1v) is 6.51. The van der Waals surface area contributed by atoms with Crippen molar-refractivity contribution in [2.24, 2.45) is 7.05 Å². The molecule has 0 amide bonds. The number of nitrogens with zero attached hydrogens (tertiary/aromatic N) is 3. The molecule has 1 heterocycles. The topological polar surface area (TPSA) is 53.6 Å². The molecule has 0 aliphatic carbocycles. The fourth-order valence-corrected chi connectivity index (χ4v) is 2.22. The van der Waals surface area contributed by atoms with Crippen molar-refractivity contribution in [1.29, 1.82) is 5.26 Å². The molecule has 6 heteroatoms. The van der Waals surface area contributed by atoms with Gasteiger partial charge in [0.15, 0.2) is 0 Å². The van der Waals surface area contributed by atoms with Gasteiger partial charge >= 0.3 is 0 Å². The standard InChI is InChI=1S/C15H16F2N4/c1-9-12(10(2)21(3)20-9)7-19-8-13-14(16)4-11(6-18)5-15(13)17/h4-5,19H,7-8H2,1-3H3. The zero-order chi connectivity index (χ0) is 15.6. The highest BCUT2D eigenvalue weighted by atomic mass is 19.1. The molecule has 0 fully saturated rings. The summed E-state index contributed by atoms with van der Waals surface area (Å²) in [5.74, 6) is -1.42. The molecule has 1 aromatic heterocycles. The van der Waals surface area contributed by atoms with Crippen LogP contribution in [0.4, 0.5) is 8.78 Å². The van der Waals surface area contributed by atoms with Gasteiger partial charge in [-0.1, -0.05) is 0 Å². The lowest BCUT2D eigenvalue weighted by atomic mass is 10.1. The highest BCUT2D eigenvalue weighted by Crippen LogP contribution is 2.16. The summed E-state index contributed by atoms with van der Waals surface area (Å²) < 4.78 is 29.3. The number of nitriles is 1. The molecule has 0 aliphatic rings. The van der Waals surface area contributed by atoms with Gasteiger partial charge in [0.25, 0.3) is 0 Å². The number of hydrogen-bond acceptors (Lipinski definition) is 3. The van der Waals surface area contributed by atoms with E-state index in [1.165, 1.54) is 0 Å². The van der Waals surface area contributed by atoms with Crippen LogP contribution in [0.15, 0.2) is 12.1 Å². The molecule has 0 aliphatic heterocycles. The first-order valence-electron chi connectivity index (χ1n) is 6.51. The summed E-state index contributed by atoms with van der Waals surface area (Å²) in [5, 5.41) is 16.0. The van der Waals surface area contributed by atoms with E-state index in [0.29, 0.717) is 6.54 Å². The van der Waals surface area contributed by atoms with Gasteiger partial charge in [-0.25, -0.2) is 8.78 Å². The first-order chi connectivity index (χ1) is 9.93. The van der Waals surface area contributed by atoms with Crippen LogP contribution in [-0.4, -0.2) is 9.78 Å². The zero-order valence-corrected chi connectivity index (χ0v) is 12.2. The van der Waals surface area contributed by atoms with E-state index >= 15 is 0 Å². The van der Waals surface area contributed by atoms with Crippen LogP contribution < -0.4 is 5.32 Å². The molecule has 2 aromatic rings. The maximum atomic E-state index is 13.7. The van der Waals surface area contributed by atoms with Crippen molar-refractivity contribution in [1.82, 2.24) is 15.1 Å². The van der Waals surface area contributed by atoms with Gasteiger partial charge in [-0.3, -0.25) is 4.68 Å².